The maximum atomic E-state index is 12.9. The predicted molar refractivity (Wildman–Crippen MR) is 105 cm³/mol. The van der Waals surface area contributed by atoms with Crippen LogP contribution < -0.4 is 10.1 Å². The zero-order valence-electron chi connectivity index (χ0n) is 16.4. The zero-order chi connectivity index (χ0) is 19.4. The Labute approximate surface area is 159 Å². The molecule has 0 spiro atoms. The molecule has 2 heterocycles. The third kappa shape index (κ3) is 4.51. The molecule has 1 aliphatic rings. The van der Waals surface area contributed by atoms with Crippen molar-refractivity contribution >= 4 is 16.8 Å². The van der Waals surface area contributed by atoms with E-state index in [1.165, 1.54) is 5.57 Å². The molecule has 3 rings (SSSR count). The molecule has 27 heavy (non-hydrogen) atoms. The van der Waals surface area contributed by atoms with Gasteiger partial charge in [-0.3, -0.25) is 4.79 Å². The van der Waals surface area contributed by atoms with Crippen LogP contribution in [0, 0.1) is 6.92 Å². The van der Waals surface area contributed by atoms with Gasteiger partial charge in [0, 0.05) is 17.5 Å². The Hall–Kier alpha value is -2.31. The first-order valence-electron chi connectivity index (χ1n) is 9.29. The first-order valence-corrected chi connectivity index (χ1v) is 9.29. The average Bonchev–Trinajstić information content (AvgIpc) is 2.99. The maximum Gasteiger partial charge on any atom is 0.268 e. The van der Waals surface area contributed by atoms with Crippen molar-refractivity contribution in [3.8, 4) is 5.75 Å². The lowest BCUT2D eigenvalue weighted by molar-refractivity contribution is -0.0457. The van der Waals surface area contributed by atoms with E-state index in [1.807, 2.05) is 45.0 Å². The van der Waals surface area contributed by atoms with Gasteiger partial charge in [0.25, 0.3) is 5.91 Å². The summed E-state index contributed by atoms with van der Waals surface area (Å²) < 4.78 is 16.8. The van der Waals surface area contributed by atoms with Gasteiger partial charge in [0.2, 0.25) is 0 Å². The van der Waals surface area contributed by atoms with Crippen molar-refractivity contribution in [2.75, 3.05) is 26.9 Å². The second-order valence-corrected chi connectivity index (χ2v) is 7.13. The molecule has 6 nitrogen and oxygen atoms in total. The average molecular weight is 372 g/mol. The van der Waals surface area contributed by atoms with Crippen molar-refractivity contribution in [2.24, 2.45) is 0 Å². The number of hydrogen-bond donors (Lipinski definition) is 2. The van der Waals surface area contributed by atoms with Crippen LogP contribution in [0.25, 0.3) is 10.9 Å². The number of aryl methyl sites for hydroxylation is 1. The molecule has 0 radical (unpaired) electrons. The standard InChI is InChI=1S/C21H28N2O4/c1-13(2)7-10-27-19-8-9-26-12-18(19)23-21(24)20-14(3)16-11-15(25-4)5-6-17(16)22-20/h5-7,11,18-19,22H,8-10,12H2,1-4H3,(H,23,24)/t18-,19+/m0/s1. The Kier molecular flexibility index (Phi) is 6.19. The number of methoxy groups -OCH3 is 1. The van der Waals surface area contributed by atoms with Crippen molar-refractivity contribution in [1.82, 2.24) is 10.3 Å². The molecule has 0 aliphatic carbocycles. The van der Waals surface area contributed by atoms with Crippen molar-refractivity contribution < 1.29 is 19.0 Å². The van der Waals surface area contributed by atoms with Crippen LogP contribution in [0.1, 0.15) is 36.3 Å². The molecule has 2 N–H and O–H groups in total. The first kappa shape index (κ1) is 19.5. The van der Waals surface area contributed by atoms with Gasteiger partial charge < -0.3 is 24.5 Å². The van der Waals surface area contributed by atoms with Gasteiger partial charge >= 0.3 is 0 Å². The fourth-order valence-corrected chi connectivity index (χ4v) is 3.29. The van der Waals surface area contributed by atoms with Crippen LogP contribution in [-0.4, -0.2) is 50.0 Å². The Balaban J connectivity index is 1.74. The number of allylic oxidation sites excluding steroid dienone is 1. The number of H-pyrrole nitrogens is 1. The Morgan fingerprint density at radius 2 is 2.22 bits per heavy atom. The summed E-state index contributed by atoms with van der Waals surface area (Å²) in [6.45, 7) is 7.67. The van der Waals surface area contributed by atoms with E-state index in [9.17, 15) is 4.79 Å². The molecule has 2 aromatic rings. The number of ether oxygens (including phenoxy) is 3. The van der Waals surface area contributed by atoms with E-state index in [4.69, 9.17) is 14.2 Å². The van der Waals surface area contributed by atoms with E-state index in [2.05, 4.69) is 10.3 Å². The summed E-state index contributed by atoms with van der Waals surface area (Å²) in [6.07, 6.45) is 2.76. The van der Waals surface area contributed by atoms with Crippen molar-refractivity contribution in [2.45, 2.75) is 39.3 Å². The van der Waals surface area contributed by atoms with Gasteiger partial charge in [-0.05, 0) is 51.0 Å². The number of amides is 1. The van der Waals surface area contributed by atoms with E-state index < -0.39 is 0 Å². The van der Waals surface area contributed by atoms with E-state index in [1.54, 1.807) is 7.11 Å². The molecule has 2 atom stereocenters. The molecule has 1 aromatic heterocycles. The zero-order valence-corrected chi connectivity index (χ0v) is 16.4. The summed E-state index contributed by atoms with van der Waals surface area (Å²) in [4.78, 5) is 16.1. The highest BCUT2D eigenvalue weighted by Crippen LogP contribution is 2.26. The smallest absolute Gasteiger partial charge is 0.268 e. The first-order chi connectivity index (χ1) is 13.0. The number of aromatic nitrogens is 1. The van der Waals surface area contributed by atoms with Crippen LogP contribution in [0.2, 0.25) is 0 Å². The highest BCUT2D eigenvalue weighted by Gasteiger charge is 2.29. The number of rotatable bonds is 6. The van der Waals surface area contributed by atoms with E-state index >= 15 is 0 Å². The van der Waals surface area contributed by atoms with Gasteiger partial charge in [0.1, 0.15) is 11.4 Å². The molecule has 1 fully saturated rings. The molecule has 146 valence electrons. The van der Waals surface area contributed by atoms with Crippen LogP contribution in [0.3, 0.4) is 0 Å². The van der Waals surface area contributed by atoms with Gasteiger partial charge in [0.15, 0.2) is 0 Å². The van der Waals surface area contributed by atoms with Gasteiger partial charge in [-0.1, -0.05) is 11.6 Å². The van der Waals surface area contributed by atoms with Gasteiger partial charge in [-0.2, -0.15) is 0 Å². The molecule has 1 aliphatic heterocycles. The Bertz CT molecular complexity index is 836. The minimum atomic E-state index is -0.169. The minimum Gasteiger partial charge on any atom is -0.497 e. The quantitative estimate of drug-likeness (QED) is 0.763. The topological polar surface area (TPSA) is 72.6 Å². The lowest BCUT2D eigenvalue weighted by atomic mass is 10.1. The molecule has 0 bridgehead atoms. The van der Waals surface area contributed by atoms with Gasteiger partial charge in [-0.15, -0.1) is 0 Å². The van der Waals surface area contributed by atoms with Crippen LogP contribution in [0.15, 0.2) is 29.8 Å². The van der Waals surface area contributed by atoms with E-state index in [0.717, 1.165) is 28.6 Å². The minimum absolute atomic E-state index is 0.0527. The van der Waals surface area contributed by atoms with Crippen LogP contribution in [0.5, 0.6) is 5.75 Å². The lowest BCUT2D eigenvalue weighted by Gasteiger charge is -2.31. The Morgan fingerprint density at radius 1 is 1.41 bits per heavy atom. The van der Waals surface area contributed by atoms with Gasteiger partial charge in [-0.25, -0.2) is 0 Å². The highest BCUT2D eigenvalue weighted by atomic mass is 16.5. The number of aromatic amines is 1. The lowest BCUT2D eigenvalue weighted by Crippen LogP contribution is -2.50. The van der Waals surface area contributed by atoms with E-state index in [0.29, 0.717) is 25.5 Å². The molecule has 0 unspecified atom stereocenters. The maximum absolute atomic E-state index is 12.9. The monoisotopic (exact) mass is 372 g/mol. The summed E-state index contributed by atoms with van der Waals surface area (Å²) in [5.41, 5.74) is 3.59. The molecule has 0 saturated carbocycles. The Morgan fingerprint density at radius 3 is 2.96 bits per heavy atom. The second-order valence-electron chi connectivity index (χ2n) is 7.13. The van der Waals surface area contributed by atoms with Crippen LogP contribution >= 0.6 is 0 Å². The van der Waals surface area contributed by atoms with Gasteiger partial charge in [0.05, 0.1) is 32.5 Å². The summed E-state index contributed by atoms with van der Waals surface area (Å²) in [5, 5.41) is 4.06. The molecule has 1 amide bonds. The molecule has 6 heteroatoms. The van der Waals surface area contributed by atoms with Crippen LogP contribution in [0.4, 0.5) is 0 Å². The van der Waals surface area contributed by atoms with Crippen molar-refractivity contribution in [3.05, 3.63) is 41.1 Å². The SMILES string of the molecule is COc1ccc2[nH]c(C(=O)N[C@H]3COCC[C@H]3OCC=C(C)C)c(C)c2c1. The summed E-state index contributed by atoms with van der Waals surface area (Å²) >= 11 is 0. The second kappa shape index (κ2) is 8.59. The molecular formula is C21H28N2O4. The van der Waals surface area contributed by atoms with Crippen LogP contribution in [-0.2, 0) is 9.47 Å². The largest absolute Gasteiger partial charge is 0.497 e. The van der Waals surface area contributed by atoms with Crippen molar-refractivity contribution in [1.29, 1.82) is 0 Å². The number of carbonyl (C=O) groups excluding carboxylic acids is 1. The van der Waals surface area contributed by atoms with Crippen molar-refractivity contribution in [3.63, 3.8) is 0 Å². The molecular weight excluding hydrogens is 344 g/mol. The summed E-state index contributed by atoms with van der Waals surface area (Å²) in [5.74, 6) is 0.624. The third-order valence-electron chi connectivity index (χ3n) is 4.90. The fourth-order valence-electron chi connectivity index (χ4n) is 3.29. The predicted octanol–water partition coefficient (Wildman–Crippen LogP) is 3.36. The normalized spacial score (nSPS) is 19.7. The summed E-state index contributed by atoms with van der Waals surface area (Å²) in [7, 11) is 1.63. The summed E-state index contributed by atoms with van der Waals surface area (Å²) in [6, 6.07) is 5.57. The number of carbonyl (C=O) groups is 1. The highest BCUT2D eigenvalue weighted by molar-refractivity contribution is 6.01. The third-order valence-corrected chi connectivity index (χ3v) is 4.90. The number of hydrogen-bond acceptors (Lipinski definition) is 4. The number of nitrogens with one attached hydrogen (secondary N) is 2. The molecule has 1 saturated heterocycles. The van der Waals surface area contributed by atoms with E-state index in [-0.39, 0.29) is 18.1 Å². The number of fused-ring (bicyclic) bond motifs is 1. The number of benzene rings is 1. The molecule has 1 aromatic carbocycles. The fraction of sp³-hybridized carbons (Fsp3) is 0.476.